The minimum atomic E-state index is 0.634. The van der Waals surface area contributed by atoms with Gasteiger partial charge in [-0.2, -0.15) is 0 Å². The molecule has 0 saturated carbocycles. The van der Waals surface area contributed by atoms with Crippen LogP contribution in [0.2, 0.25) is 5.02 Å². The van der Waals surface area contributed by atoms with Crippen LogP contribution in [0.1, 0.15) is 19.2 Å². The van der Waals surface area contributed by atoms with Crippen LogP contribution < -0.4 is 0 Å². The van der Waals surface area contributed by atoms with Crippen molar-refractivity contribution in [2.75, 3.05) is 0 Å². The van der Waals surface area contributed by atoms with Crippen LogP contribution in [0.3, 0.4) is 0 Å². The molecule has 0 unspecified atom stereocenters. The molecule has 0 aliphatic heterocycles. The van der Waals surface area contributed by atoms with Crippen molar-refractivity contribution < 1.29 is 0 Å². The van der Waals surface area contributed by atoms with Gasteiger partial charge in [-0.25, -0.2) is 9.97 Å². The molecule has 4 aromatic rings. The molecule has 0 saturated heterocycles. The molecular formula is C19H18ClN5. The third-order valence-corrected chi connectivity index (χ3v) is 4.55. The van der Waals surface area contributed by atoms with Crippen LogP contribution in [0.15, 0.2) is 55.1 Å². The van der Waals surface area contributed by atoms with Gasteiger partial charge in [0.05, 0.1) is 28.8 Å². The first-order chi connectivity index (χ1) is 12.3. The highest BCUT2D eigenvalue weighted by Crippen LogP contribution is 2.27. The third-order valence-electron chi connectivity index (χ3n) is 4.22. The zero-order valence-electron chi connectivity index (χ0n) is 13.9. The molecule has 0 bridgehead atoms. The van der Waals surface area contributed by atoms with Crippen LogP contribution in [0.25, 0.3) is 22.4 Å². The lowest BCUT2D eigenvalue weighted by Crippen LogP contribution is -2.09. The number of nitrogens with zero attached hydrogens (tertiary/aromatic N) is 5. The summed E-state index contributed by atoms with van der Waals surface area (Å²) in [4.78, 5) is 13.6. The van der Waals surface area contributed by atoms with Crippen molar-refractivity contribution in [3.8, 4) is 11.4 Å². The molecule has 0 amide bonds. The van der Waals surface area contributed by atoms with E-state index >= 15 is 0 Å². The van der Waals surface area contributed by atoms with Crippen LogP contribution in [-0.4, -0.2) is 24.1 Å². The van der Waals surface area contributed by atoms with Gasteiger partial charge in [0.15, 0.2) is 0 Å². The van der Waals surface area contributed by atoms with Gasteiger partial charge in [-0.3, -0.25) is 4.98 Å². The Morgan fingerprint density at radius 2 is 2.00 bits per heavy atom. The van der Waals surface area contributed by atoms with E-state index in [1.807, 2.05) is 42.7 Å². The number of fused-ring (bicyclic) bond motifs is 1. The van der Waals surface area contributed by atoms with Crippen molar-refractivity contribution >= 4 is 22.6 Å². The lowest BCUT2D eigenvalue weighted by atomic mass is 10.2. The fourth-order valence-electron chi connectivity index (χ4n) is 3.09. The summed E-state index contributed by atoms with van der Waals surface area (Å²) in [5.41, 5.74) is 2.96. The van der Waals surface area contributed by atoms with E-state index in [0.717, 1.165) is 41.2 Å². The Morgan fingerprint density at radius 1 is 1.12 bits per heavy atom. The first kappa shape index (κ1) is 15.8. The number of benzene rings is 1. The van der Waals surface area contributed by atoms with E-state index in [0.29, 0.717) is 11.6 Å². The Hall–Kier alpha value is -2.66. The highest BCUT2D eigenvalue weighted by Gasteiger charge is 2.14. The molecule has 6 heteroatoms. The maximum absolute atomic E-state index is 6.35. The van der Waals surface area contributed by atoms with Crippen LogP contribution >= 0.6 is 11.6 Å². The summed E-state index contributed by atoms with van der Waals surface area (Å²) >= 11 is 6.35. The second kappa shape index (κ2) is 6.69. The maximum Gasteiger partial charge on any atom is 0.141 e. The van der Waals surface area contributed by atoms with Crippen LogP contribution in [0.4, 0.5) is 0 Å². The number of hydrogen-bond acceptors (Lipinski definition) is 3. The van der Waals surface area contributed by atoms with Gasteiger partial charge in [0.25, 0.3) is 0 Å². The number of pyridine rings is 1. The van der Waals surface area contributed by atoms with Crippen molar-refractivity contribution in [3.05, 3.63) is 66.0 Å². The molecule has 0 aliphatic carbocycles. The Balaban J connectivity index is 1.77. The van der Waals surface area contributed by atoms with Crippen molar-refractivity contribution in [2.24, 2.45) is 0 Å². The van der Waals surface area contributed by atoms with Crippen LogP contribution in [-0.2, 0) is 13.1 Å². The summed E-state index contributed by atoms with van der Waals surface area (Å²) in [7, 11) is 0. The number of halogens is 1. The monoisotopic (exact) mass is 351 g/mol. The Bertz CT molecular complexity index is 1020. The molecule has 0 N–H and O–H groups in total. The molecule has 0 atom stereocenters. The lowest BCUT2D eigenvalue weighted by molar-refractivity contribution is 0.627. The summed E-state index contributed by atoms with van der Waals surface area (Å²) in [6.07, 6.45) is 8.46. The molecule has 3 aromatic heterocycles. The summed E-state index contributed by atoms with van der Waals surface area (Å²) in [6, 6.07) is 9.72. The predicted octanol–water partition coefficient (Wildman–Crippen LogP) is 4.41. The molecule has 0 aliphatic rings. The molecular weight excluding hydrogens is 334 g/mol. The number of hydrogen-bond donors (Lipinski definition) is 0. The fraction of sp³-hybridized carbons (Fsp3) is 0.211. The molecule has 0 spiro atoms. The van der Waals surface area contributed by atoms with E-state index in [2.05, 4.69) is 26.0 Å². The van der Waals surface area contributed by atoms with Gasteiger partial charge >= 0.3 is 0 Å². The first-order valence-electron chi connectivity index (χ1n) is 8.33. The average Bonchev–Trinajstić information content (AvgIpc) is 3.21. The molecule has 0 fully saturated rings. The van der Waals surface area contributed by atoms with E-state index < -0.39 is 0 Å². The van der Waals surface area contributed by atoms with E-state index in [9.17, 15) is 0 Å². The topological polar surface area (TPSA) is 48.5 Å². The molecule has 5 nitrogen and oxygen atoms in total. The molecule has 0 radical (unpaired) electrons. The van der Waals surface area contributed by atoms with Crippen molar-refractivity contribution in [2.45, 2.75) is 26.4 Å². The number of aryl methyl sites for hydroxylation is 1. The minimum Gasteiger partial charge on any atom is -0.325 e. The van der Waals surface area contributed by atoms with Gasteiger partial charge in [0, 0.05) is 30.7 Å². The zero-order valence-corrected chi connectivity index (χ0v) is 14.7. The standard InChI is InChI=1S/C19H18ClN5/c1-2-10-25-17-12-21-8-7-16(17)23-18(25)13-24-11-9-22-19(24)14-5-3-4-6-15(14)20/h3-9,11-12H,2,10,13H2,1H3. The Labute approximate surface area is 150 Å². The van der Waals surface area contributed by atoms with Gasteiger partial charge in [0.2, 0.25) is 0 Å². The summed E-state index contributed by atoms with van der Waals surface area (Å²) in [5.74, 6) is 1.84. The van der Waals surface area contributed by atoms with Gasteiger partial charge in [-0.15, -0.1) is 0 Å². The number of imidazole rings is 2. The maximum atomic E-state index is 6.35. The fourth-order valence-corrected chi connectivity index (χ4v) is 3.31. The average molecular weight is 352 g/mol. The molecule has 3 heterocycles. The van der Waals surface area contributed by atoms with Gasteiger partial charge in [-0.05, 0) is 24.6 Å². The molecule has 4 rings (SSSR count). The Morgan fingerprint density at radius 3 is 2.84 bits per heavy atom. The summed E-state index contributed by atoms with van der Waals surface area (Å²) in [5, 5.41) is 0.696. The molecule has 126 valence electrons. The SMILES string of the molecule is CCCn1c(Cn2ccnc2-c2ccccc2Cl)nc2ccncc21. The smallest absolute Gasteiger partial charge is 0.141 e. The summed E-state index contributed by atoms with van der Waals surface area (Å²) in [6.45, 7) is 3.71. The van der Waals surface area contributed by atoms with Gasteiger partial charge in [0.1, 0.15) is 11.6 Å². The second-order valence-corrected chi connectivity index (χ2v) is 6.31. The highest BCUT2D eigenvalue weighted by atomic mass is 35.5. The van der Waals surface area contributed by atoms with Crippen molar-refractivity contribution in [3.63, 3.8) is 0 Å². The third kappa shape index (κ3) is 2.91. The second-order valence-electron chi connectivity index (χ2n) is 5.90. The van der Waals surface area contributed by atoms with E-state index in [4.69, 9.17) is 16.6 Å². The predicted molar refractivity (Wildman–Crippen MR) is 99.6 cm³/mol. The first-order valence-corrected chi connectivity index (χ1v) is 8.71. The van der Waals surface area contributed by atoms with E-state index in [1.165, 1.54) is 0 Å². The quantitative estimate of drug-likeness (QED) is 0.535. The number of rotatable bonds is 5. The zero-order chi connectivity index (χ0) is 17.2. The minimum absolute atomic E-state index is 0.634. The molecule has 1 aromatic carbocycles. The van der Waals surface area contributed by atoms with Crippen molar-refractivity contribution in [1.29, 1.82) is 0 Å². The largest absolute Gasteiger partial charge is 0.325 e. The highest BCUT2D eigenvalue weighted by molar-refractivity contribution is 6.33. The number of aromatic nitrogens is 5. The normalized spacial score (nSPS) is 11.3. The Kier molecular flexibility index (Phi) is 4.24. The molecule has 25 heavy (non-hydrogen) atoms. The van der Waals surface area contributed by atoms with E-state index in [1.54, 1.807) is 12.4 Å². The van der Waals surface area contributed by atoms with E-state index in [-0.39, 0.29) is 0 Å². The van der Waals surface area contributed by atoms with Crippen LogP contribution in [0, 0.1) is 0 Å². The van der Waals surface area contributed by atoms with Gasteiger partial charge < -0.3 is 9.13 Å². The van der Waals surface area contributed by atoms with Crippen molar-refractivity contribution in [1.82, 2.24) is 24.1 Å². The van der Waals surface area contributed by atoms with Crippen LogP contribution in [0.5, 0.6) is 0 Å². The lowest BCUT2D eigenvalue weighted by Gasteiger charge is -2.11. The summed E-state index contributed by atoms with van der Waals surface area (Å²) < 4.78 is 4.32. The van der Waals surface area contributed by atoms with Gasteiger partial charge in [-0.1, -0.05) is 30.7 Å².